The van der Waals surface area contributed by atoms with Crippen molar-refractivity contribution in [1.29, 1.82) is 0 Å². The summed E-state index contributed by atoms with van der Waals surface area (Å²) in [5.74, 6) is -0.139. The van der Waals surface area contributed by atoms with E-state index >= 15 is 0 Å². The molecule has 0 spiro atoms. The molecule has 1 N–H and O–H groups in total. The van der Waals surface area contributed by atoms with Gasteiger partial charge in [0.1, 0.15) is 5.76 Å². The molecule has 4 rings (SSSR count). The molecule has 0 radical (unpaired) electrons. The smallest absolute Gasteiger partial charge is 0.361 e. The van der Waals surface area contributed by atoms with Gasteiger partial charge in [-0.1, -0.05) is 35.0 Å². The van der Waals surface area contributed by atoms with Crippen LogP contribution in [0.2, 0.25) is 5.02 Å². The zero-order chi connectivity index (χ0) is 22.8. The first-order valence-corrected chi connectivity index (χ1v) is 10.4. The number of carbonyl (C=O) groups excluding carboxylic acids is 1. The van der Waals surface area contributed by atoms with E-state index in [1.807, 2.05) is 18.2 Å². The molecule has 3 aromatic heterocycles. The Morgan fingerprint density at radius 1 is 1.25 bits per heavy atom. The zero-order valence-corrected chi connectivity index (χ0v) is 18.9. The van der Waals surface area contributed by atoms with Crippen LogP contribution in [0.1, 0.15) is 27.4 Å². The minimum Gasteiger partial charge on any atom is -0.361 e. The highest BCUT2D eigenvalue weighted by molar-refractivity contribution is 9.10. The normalized spacial score (nSPS) is 11.0. The molecule has 0 saturated carbocycles. The second-order valence-corrected chi connectivity index (χ2v) is 8.02. The number of hydrogen-bond acceptors (Lipinski definition) is 7. The van der Waals surface area contributed by atoms with Crippen LogP contribution in [0.3, 0.4) is 0 Å². The monoisotopic (exact) mass is 519 g/mol. The lowest BCUT2D eigenvalue weighted by atomic mass is 10.2. The average Bonchev–Trinajstić information content (AvgIpc) is 3.45. The van der Waals surface area contributed by atoms with Crippen LogP contribution in [-0.2, 0) is 13.1 Å². The predicted molar refractivity (Wildman–Crippen MR) is 118 cm³/mol. The predicted octanol–water partition coefficient (Wildman–Crippen LogP) is 4.05. The van der Waals surface area contributed by atoms with Crippen LogP contribution in [0.5, 0.6) is 0 Å². The fourth-order valence-electron chi connectivity index (χ4n) is 2.98. The first-order chi connectivity index (χ1) is 15.3. The standard InChI is InChI=1S/C19H15BrClN7O4/c1-11-13(9-26-7-6-16(23-26)28(30)31)17(25-32-11)19(29)22-18-14(20)10-27(24-18)8-12-4-2-3-5-15(12)21/h2-7,10H,8-9H2,1H3,(H,22,24,29). The van der Waals surface area contributed by atoms with E-state index in [1.165, 1.54) is 16.9 Å². The summed E-state index contributed by atoms with van der Waals surface area (Å²) in [6.45, 7) is 2.14. The third-order valence-corrected chi connectivity index (χ3v) is 5.52. The molecule has 32 heavy (non-hydrogen) atoms. The second kappa shape index (κ2) is 8.93. The van der Waals surface area contributed by atoms with Gasteiger partial charge in [-0.2, -0.15) is 9.78 Å². The van der Waals surface area contributed by atoms with E-state index in [4.69, 9.17) is 16.1 Å². The molecule has 11 nitrogen and oxygen atoms in total. The molecular formula is C19H15BrClN7O4. The number of amides is 1. The summed E-state index contributed by atoms with van der Waals surface area (Å²) in [4.78, 5) is 23.1. The third kappa shape index (κ3) is 4.55. The number of aryl methyl sites for hydroxylation is 1. The number of hydrogen-bond donors (Lipinski definition) is 1. The number of carbonyl (C=O) groups is 1. The lowest BCUT2D eigenvalue weighted by Crippen LogP contribution is -2.17. The number of anilines is 1. The third-order valence-electron chi connectivity index (χ3n) is 4.57. The van der Waals surface area contributed by atoms with Crippen LogP contribution in [0, 0.1) is 17.0 Å². The Hall–Kier alpha value is -3.51. The van der Waals surface area contributed by atoms with Gasteiger partial charge in [0, 0.05) is 11.2 Å². The molecular weight excluding hydrogens is 506 g/mol. The van der Waals surface area contributed by atoms with Gasteiger partial charge in [-0.05, 0) is 39.4 Å². The van der Waals surface area contributed by atoms with Gasteiger partial charge in [0.25, 0.3) is 5.91 Å². The number of halogens is 2. The van der Waals surface area contributed by atoms with Gasteiger partial charge in [-0.25, -0.2) is 0 Å². The largest absolute Gasteiger partial charge is 0.389 e. The van der Waals surface area contributed by atoms with Gasteiger partial charge >= 0.3 is 5.82 Å². The maximum Gasteiger partial charge on any atom is 0.389 e. The van der Waals surface area contributed by atoms with Crippen LogP contribution in [0.25, 0.3) is 0 Å². The Labute approximate surface area is 194 Å². The van der Waals surface area contributed by atoms with Crippen molar-refractivity contribution in [3.63, 3.8) is 0 Å². The molecule has 0 aliphatic carbocycles. The van der Waals surface area contributed by atoms with Gasteiger partial charge in [0.2, 0.25) is 0 Å². The van der Waals surface area contributed by atoms with E-state index in [9.17, 15) is 14.9 Å². The van der Waals surface area contributed by atoms with Crippen molar-refractivity contribution >= 4 is 45.1 Å². The Morgan fingerprint density at radius 2 is 2.03 bits per heavy atom. The Morgan fingerprint density at radius 3 is 2.75 bits per heavy atom. The Balaban J connectivity index is 1.52. The zero-order valence-electron chi connectivity index (χ0n) is 16.5. The van der Waals surface area contributed by atoms with Gasteiger partial charge in [-0.15, -0.1) is 0 Å². The van der Waals surface area contributed by atoms with E-state index in [0.29, 0.717) is 33.2 Å². The number of aromatic nitrogens is 5. The van der Waals surface area contributed by atoms with Crippen LogP contribution in [0.4, 0.5) is 11.6 Å². The van der Waals surface area contributed by atoms with E-state index in [2.05, 4.69) is 36.6 Å². The van der Waals surface area contributed by atoms with Gasteiger partial charge in [0.15, 0.2) is 11.5 Å². The van der Waals surface area contributed by atoms with Crippen LogP contribution < -0.4 is 5.32 Å². The maximum absolute atomic E-state index is 12.9. The lowest BCUT2D eigenvalue weighted by molar-refractivity contribution is -0.389. The highest BCUT2D eigenvalue weighted by Gasteiger charge is 2.23. The molecule has 0 unspecified atom stereocenters. The van der Waals surface area contributed by atoms with Crippen molar-refractivity contribution in [3.8, 4) is 0 Å². The fourth-order valence-corrected chi connectivity index (χ4v) is 3.60. The first-order valence-electron chi connectivity index (χ1n) is 9.22. The summed E-state index contributed by atoms with van der Waals surface area (Å²) in [6, 6.07) is 8.67. The molecule has 1 aromatic carbocycles. The minimum atomic E-state index is -0.596. The van der Waals surface area contributed by atoms with E-state index < -0.39 is 10.8 Å². The van der Waals surface area contributed by atoms with E-state index in [-0.39, 0.29) is 18.1 Å². The molecule has 13 heteroatoms. The summed E-state index contributed by atoms with van der Waals surface area (Å²) in [7, 11) is 0. The molecule has 1 amide bonds. The second-order valence-electron chi connectivity index (χ2n) is 6.76. The molecule has 3 heterocycles. The van der Waals surface area contributed by atoms with Crippen molar-refractivity contribution in [2.45, 2.75) is 20.0 Å². The van der Waals surface area contributed by atoms with Crippen molar-refractivity contribution in [2.75, 3.05) is 5.32 Å². The maximum atomic E-state index is 12.9. The molecule has 0 bridgehead atoms. The molecule has 4 aromatic rings. The molecule has 164 valence electrons. The summed E-state index contributed by atoms with van der Waals surface area (Å²) >= 11 is 9.60. The van der Waals surface area contributed by atoms with E-state index in [1.54, 1.807) is 23.9 Å². The number of benzene rings is 1. The first kappa shape index (κ1) is 21.7. The van der Waals surface area contributed by atoms with Crippen LogP contribution in [0.15, 0.2) is 51.7 Å². The van der Waals surface area contributed by atoms with Gasteiger partial charge in [-0.3, -0.25) is 9.48 Å². The average molecular weight is 521 g/mol. The minimum absolute atomic E-state index is 0.0354. The number of nitro groups is 1. The van der Waals surface area contributed by atoms with Crippen LogP contribution in [-0.4, -0.2) is 35.5 Å². The van der Waals surface area contributed by atoms with Gasteiger partial charge in [0.05, 0.1) is 40.5 Å². The number of nitrogens with one attached hydrogen (secondary N) is 1. The van der Waals surface area contributed by atoms with Crippen molar-refractivity contribution in [2.24, 2.45) is 0 Å². The Kier molecular flexibility index (Phi) is 6.06. The lowest BCUT2D eigenvalue weighted by Gasteiger charge is -2.04. The molecule has 0 aliphatic rings. The van der Waals surface area contributed by atoms with Crippen LogP contribution >= 0.6 is 27.5 Å². The number of rotatable bonds is 7. The van der Waals surface area contributed by atoms with Crippen molar-refractivity contribution in [3.05, 3.63) is 84.9 Å². The highest BCUT2D eigenvalue weighted by Crippen LogP contribution is 2.24. The van der Waals surface area contributed by atoms with Gasteiger partial charge < -0.3 is 20.0 Å². The fraction of sp³-hybridized carbons (Fsp3) is 0.158. The topological polar surface area (TPSA) is 134 Å². The van der Waals surface area contributed by atoms with E-state index in [0.717, 1.165) is 5.56 Å². The number of nitrogens with zero attached hydrogens (tertiary/aromatic N) is 6. The summed E-state index contributed by atoms with van der Waals surface area (Å²) in [5, 5.41) is 26.2. The Bertz CT molecular complexity index is 1310. The summed E-state index contributed by atoms with van der Waals surface area (Å²) < 4.78 is 8.72. The molecule has 0 saturated heterocycles. The summed E-state index contributed by atoms with van der Waals surface area (Å²) in [5.41, 5.74) is 1.37. The molecule has 0 atom stereocenters. The summed E-state index contributed by atoms with van der Waals surface area (Å²) in [6.07, 6.45) is 3.16. The van der Waals surface area contributed by atoms with Crippen molar-refractivity contribution < 1.29 is 14.2 Å². The van der Waals surface area contributed by atoms with Crippen molar-refractivity contribution in [1.82, 2.24) is 24.7 Å². The SMILES string of the molecule is Cc1onc(C(=O)Nc2nn(Cc3ccccc3Cl)cc2Br)c1Cn1ccc([N+](=O)[O-])n1. The highest BCUT2D eigenvalue weighted by atomic mass is 79.9. The molecule has 0 fully saturated rings. The quantitative estimate of drug-likeness (QED) is 0.287. The molecule has 0 aliphatic heterocycles.